The predicted octanol–water partition coefficient (Wildman–Crippen LogP) is 3.89. The average molecular weight is 292 g/mol. The number of benzene rings is 2. The van der Waals surface area contributed by atoms with Gasteiger partial charge in [-0.3, -0.25) is 0 Å². The van der Waals surface area contributed by atoms with Crippen LogP contribution in [-0.4, -0.2) is 12.6 Å². The molecule has 2 rings (SSSR count). The molecule has 2 N–H and O–H groups in total. The van der Waals surface area contributed by atoms with E-state index in [1.807, 2.05) is 0 Å². The summed E-state index contributed by atoms with van der Waals surface area (Å²) in [6.45, 7) is 2.03. The number of nitrogens with two attached hydrogens (primary N) is 1. The lowest BCUT2D eigenvalue weighted by atomic mass is 10.1. The zero-order valence-electron chi connectivity index (χ0n) is 10.9. The lowest BCUT2D eigenvalue weighted by Gasteiger charge is -2.11. The summed E-state index contributed by atoms with van der Waals surface area (Å²) in [6.07, 6.45) is 0. The lowest BCUT2D eigenvalue weighted by molar-refractivity contribution is 0.0527. The van der Waals surface area contributed by atoms with Gasteiger partial charge in [-0.05, 0) is 43.3 Å². The fourth-order valence-corrected chi connectivity index (χ4v) is 1.78. The van der Waals surface area contributed by atoms with Crippen LogP contribution in [0, 0.1) is 0 Å². The molecular formula is C15H14ClNO3. The second-order valence-electron chi connectivity index (χ2n) is 3.99. The van der Waals surface area contributed by atoms with Crippen LogP contribution >= 0.6 is 11.6 Å². The summed E-state index contributed by atoms with van der Waals surface area (Å²) in [5.41, 5.74) is 6.48. The highest BCUT2D eigenvalue weighted by Crippen LogP contribution is 2.30. The summed E-state index contributed by atoms with van der Waals surface area (Å²) in [4.78, 5) is 11.7. The van der Waals surface area contributed by atoms with Crippen molar-refractivity contribution in [3.63, 3.8) is 0 Å². The maximum absolute atomic E-state index is 11.7. The highest BCUT2D eigenvalue weighted by molar-refractivity contribution is 6.30. The molecule has 0 spiro atoms. The summed E-state index contributed by atoms with van der Waals surface area (Å²) < 4.78 is 10.6. The van der Waals surface area contributed by atoms with E-state index < -0.39 is 5.97 Å². The van der Waals surface area contributed by atoms with E-state index in [1.165, 1.54) is 0 Å². The minimum Gasteiger partial charge on any atom is -0.462 e. The van der Waals surface area contributed by atoms with Crippen molar-refractivity contribution in [3.05, 3.63) is 53.1 Å². The Morgan fingerprint density at radius 1 is 1.20 bits per heavy atom. The van der Waals surface area contributed by atoms with Crippen LogP contribution in [0.15, 0.2) is 42.5 Å². The number of nitrogen functional groups attached to an aromatic ring is 1. The molecule has 0 fully saturated rings. The van der Waals surface area contributed by atoms with Crippen molar-refractivity contribution in [3.8, 4) is 11.5 Å². The number of halogens is 1. The van der Waals surface area contributed by atoms with Crippen LogP contribution in [0.5, 0.6) is 11.5 Å². The van der Waals surface area contributed by atoms with Crippen molar-refractivity contribution in [2.45, 2.75) is 6.92 Å². The van der Waals surface area contributed by atoms with Crippen LogP contribution in [-0.2, 0) is 4.74 Å². The van der Waals surface area contributed by atoms with Gasteiger partial charge in [-0.25, -0.2) is 4.79 Å². The molecule has 0 unspecified atom stereocenters. The monoisotopic (exact) mass is 291 g/mol. The van der Waals surface area contributed by atoms with Gasteiger partial charge in [-0.1, -0.05) is 17.7 Å². The summed E-state index contributed by atoms with van der Waals surface area (Å²) >= 11 is 5.81. The molecular weight excluding hydrogens is 278 g/mol. The molecule has 0 saturated carbocycles. The Kier molecular flexibility index (Phi) is 4.48. The van der Waals surface area contributed by atoms with Gasteiger partial charge >= 0.3 is 5.97 Å². The first kappa shape index (κ1) is 14.2. The molecule has 0 heterocycles. The molecule has 20 heavy (non-hydrogen) atoms. The summed E-state index contributed by atoms with van der Waals surface area (Å²) in [5.74, 6) is 0.520. The molecule has 0 saturated heterocycles. The minimum absolute atomic E-state index is 0.251. The predicted molar refractivity (Wildman–Crippen MR) is 78.3 cm³/mol. The van der Waals surface area contributed by atoms with E-state index in [2.05, 4.69) is 0 Å². The zero-order valence-corrected chi connectivity index (χ0v) is 11.7. The van der Waals surface area contributed by atoms with Gasteiger partial charge in [0.25, 0.3) is 0 Å². The highest BCUT2D eigenvalue weighted by atomic mass is 35.5. The Morgan fingerprint density at radius 2 is 1.90 bits per heavy atom. The average Bonchev–Trinajstić information content (AvgIpc) is 2.44. The number of carbonyl (C=O) groups excluding carboxylic acids is 1. The second-order valence-corrected chi connectivity index (χ2v) is 4.43. The molecule has 104 valence electrons. The Hall–Kier alpha value is -2.20. The molecule has 2 aromatic rings. The first-order valence-corrected chi connectivity index (χ1v) is 6.48. The molecule has 0 bridgehead atoms. The van der Waals surface area contributed by atoms with Crippen LogP contribution < -0.4 is 10.5 Å². The Labute approximate surface area is 122 Å². The number of hydrogen-bond acceptors (Lipinski definition) is 4. The number of hydrogen-bond donors (Lipinski definition) is 1. The van der Waals surface area contributed by atoms with Crippen molar-refractivity contribution in [2.75, 3.05) is 12.3 Å². The Balaban J connectivity index is 2.26. The molecule has 0 atom stereocenters. The number of esters is 1. The second kappa shape index (κ2) is 6.30. The van der Waals surface area contributed by atoms with E-state index in [1.54, 1.807) is 49.4 Å². The normalized spacial score (nSPS) is 10.1. The fourth-order valence-electron chi connectivity index (χ4n) is 1.65. The van der Waals surface area contributed by atoms with Crippen LogP contribution in [0.4, 0.5) is 5.69 Å². The third-order valence-electron chi connectivity index (χ3n) is 2.60. The maximum atomic E-state index is 11.7. The molecule has 2 aromatic carbocycles. The van der Waals surface area contributed by atoms with Crippen LogP contribution in [0.25, 0.3) is 0 Å². The summed E-state index contributed by atoms with van der Waals surface area (Å²) in [6, 6.07) is 11.8. The minimum atomic E-state index is -0.466. The van der Waals surface area contributed by atoms with Gasteiger partial charge in [-0.15, -0.1) is 0 Å². The fraction of sp³-hybridized carbons (Fsp3) is 0.133. The van der Waals surface area contributed by atoms with E-state index in [0.29, 0.717) is 28.7 Å². The van der Waals surface area contributed by atoms with Crippen molar-refractivity contribution < 1.29 is 14.3 Å². The molecule has 5 heteroatoms. The topological polar surface area (TPSA) is 61.5 Å². The Morgan fingerprint density at radius 3 is 2.55 bits per heavy atom. The quantitative estimate of drug-likeness (QED) is 0.686. The van der Waals surface area contributed by atoms with Crippen LogP contribution in [0.2, 0.25) is 5.02 Å². The third-order valence-corrected chi connectivity index (χ3v) is 2.85. The molecule has 0 aliphatic rings. The standard InChI is InChI=1S/C15H14ClNO3/c1-2-19-15(18)12-4-3-5-13(14(12)17)20-11-8-6-10(16)7-9-11/h3-9H,2,17H2,1H3. The number of anilines is 1. The van der Waals surface area contributed by atoms with Gasteiger partial charge in [0, 0.05) is 5.02 Å². The number of para-hydroxylation sites is 1. The van der Waals surface area contributed by atoms with E-state index in [-0.39, 0.29) is 5.69 Å². The first-order chi connectivity index (χ1) is 9.61. The van der Waals surface area contributed by atoms with E-state index in [4.69, 9.17) is 26.8 Å². The van der Waals surface area contributed by atoms with Crippen molar-refractivity contribution in [2.24, 2.45) is 0 Å². The molecule has 0 amide bonds. The summed E-state index contributed by atoms with van der Waals surface area (Å²) in [5, 5.41) is 0.616. The number of ether oxygens (including phenoxy) is 2. The van der Waals surface area contributed by atoms with Gasteiger partial charge in [0.05, 0.1) is 17.9 Å². The SMILES string of the molecule is CCOC(=O)c1cccc(Oc2ccc(Cl)cc2)c1N. The van der Waals surface area contributed by atoms with E-state index >= 15 is 0 Å². The van der Waals surface area contributed by atoms with Gasteiger partial charge in [0.15, 0.2) is 5.75 Å². The largest absolute Gasteiger partial charge is 0.462 e. The van der Waals surface area contributed by atoms with Gasteiger partial charge < -0.3 is 15.2 Å². The van der Waals surface area contributed by atoms with Gasteiger partial charge in [-0.2, -0.15) is 0 Å². The molecule has 0 aromatic heterocycles. The summed E-state index contributed by atoms with van der Waals surface area (Å²) in [7, 11) is 0. The Bertz CT molecular complexity index is 611. The van der Waals surface area contributed by atoms with Crippen molar-refractivity contribution in [1.29, 1.82) is 0 Å². The molecule has 0 radical (unpaired) electrons. The van der Waals surface area contributed by atoms with Crippen LogP contribution in [0.3, 0.4) is 0 Å². The molecule has 4 nitrogen and oxygen atoms in total. The number of rotatable bonds is 4. The molecule has 0 aliphatic carbocycles. The zero-order chi connectivity index (χ0) is 14.5. The number of carbonyl (C=O) groups is 1. The van der Waals surface area contributed by atoms with Crippen molar-refractivity contribution in [1.82, 2.24) is 0 Å². The third kappa shape index (κ3) is 3.22. The molecule has 0 aliphatic heterocycles. The van der Waals surface area contributed by atoms with Gasteiger partial charge in [0.2, 0.25) is 0 Å². The van der Waals surface area contributed by atoms with E-state index in [9.17, 15) is 4.79 Å². The van der Waals surface area contributed by atoms with Crippen LogP contribution in [0.1, 0.15) is 17.3 Å². The highest BCUT2D eigenvalue weighted by Gasteiger charge is 2.14. The van der Waals surface area contributed by atoms with Crippen molar-refractivity contribution >= 4 is 23.3 Å². The van der Waals surface area contributed by atoms with E-state index in [0.717, 1.165) is 0 Å². The van der Waals surface area contributed by atoms with Gasteiger partial charge in [0.1, 0.15) is 5.75 Å². The first-order valence-electron chi connectivity index (χ1n) is 6.11. The smallest absolute Gasteiger partial charge is 0.340 e. The maximum Gasteiger partial charge on any atom is 0.340 e. The lowest BCUT2D eigenvalue weighted by Crippen LogP contribution is -2.08.